The molecule has 1 unspecified atom stereocenters. The predicted octanol–water partition coefficient (Wildman–Crippen LogP) is 4.59. The van der Waals surface area contributed by atoms with E-state index in [1.54, 1.807) is 0 Å². The summed E-state index contributed by atoms with van der Waals surface area (Å²) in [6.45, 7) is 13.1. The van der Waals surface area contributed by atoms with Gasteiger partial charge in [0.15, 0.2) is 0 Å². The molecule has 1 aliphatic heterocycles. The molecule has 0 saturated carbocycles. The molecule has 20 heavy (non-hydrogen) atoms. The minimum atomic E-state index is 0.426. The standard InChI is InChI=1S/C18H38N2/c1-5-9-10-11-12-13-14-20-15-17(6-2)19-16-18(20,7-3)8-4/h17,19H,5-16H2,1-4H3. The second-order valence-corrected chi connectivity index (χ2v) is 6.63. The lowest BCUT2D eigenvalue weighted by Crippen LogP contribution is -2.64. The molecular weight excluding hydrogens is 244 g/mol. The molecule has 2 heteroatoms. The lowest BCUT2D eigenvalue weighted by molar-refractivity contribution is 0.0294. The van der Waals surface area contributed by atoms with Crippen LogP contribution in [-0.4, -0.2) is 36.1 Å². The molecule has 1 atom stereocenters. The molecule has 0 radical (unpaired) electrons. The first-order valence-electron chi connectivity index (χ1n) is 9.20. The highest BCUT2D eigenvalue weighted by molar-refractivity contribution is 4.97. The molecule has 0 amide bonds. The van der Waals surface area contributed by atoms with Gasteiger partial charge in [-0.2, -0.15) is 0 Å². The predicted molar refractivity (Wildman–Crippen MR) is 90.3 cm³/mol. The van der Waals surface area contributed by atoms with Crippen LogP contribution in [0.2, 0.25) is 0 Å². The van der Waals surface area contributed by atoms with Crippen molar-refractivity contribution in [3.8, 4) is 0 Å². The Morgan fingerprint density at radius 2 is 1.60 bits per heavy atom. The van der Waals surface area contributed by atoms with E-state index in [0.717, 1.165) is 0 Å². The van der Waals surface area contributed by atoms with Gasteiger partial charge in [0.1, 0.15) is 0 Å². The molecule has 0 spiro atoms. The fourth-order valence-electron chi connectivity index (χ4n) is 3.60. The van der Waals surface area contributed by atoms with Crippen LogP contribution in [0.15, 0.2) is 0 Å². The van der Waals surface area contributed by atoms with Crippen LogP contribution in [0.4, 0.5) is 0 Å². The van der Waals surface area contributed by atoms with Crippen molar-refractivity contribution in [1.82, 2.24) is 10.2 Å². The van der Waals surface area contributed by atoms with Crippen LogP contribution in [-0.2, 0) is 0 Å². The van der Waals surface area contributed by atoms with E-state index in [-0.39, 0.29) is 0 Å². The summed E-state index contributed by atoms with van der Waals surface area (Å²) in [5, 5.41) is 3.77. The Bertz CT molecular complexity index is 236. The first-order chi connectivity index (χ1) is 9.72. The molecule has 0 aromatic heterocycles. The quantitative estimate of drug-likeness (QED) is 0.590. The van der Waals surface area contributed by atoms with Crippen molar-refractivity contribution in [1.29, 1.82) is 0 Å². The van der Waals surface area contributed by atoms with Crippen molar-refractivity contribution < 1.29 is 0 Å². The second kappa shape index (κ2) is 9.78. The Morgan fingerprint density at radius 3 is 2.20 bits per heavy atom. The first-order valence-corrected chi connectivity index (χ1v) is 9.20. The lowest BCUT2D eigenvalue weighted by Gasteiger charge is -2.50. The third kappa shape index (κ3) is 5.04. The fourth-order valence-corrected chi connectivity index (χ4v) is 3.60. The van der Waals surface area contributed by atoms with Crippen molar-refractivity contribution in [2.45, 2.75) is 97.1 Å². The third-order valence-electron chi connectivity index (χ3n) is 5.42. The van der Waals surface area contributed by atoms with E-state index < -0.39 is 0 Å². The summed E-state index contributed by atoms with van der Waals surface area (Å²) in [6, 6.07) is 0.710. The van der Waals surface area contributed by atoms with Gasteiger partial charge < -0.3 is 5.32 Å². The van der Waals surface area contributed by atoms with Gasteiger partial charge in [-0.3, -0.25) is 4.90 Å². The maximum Gasteiger partial charge on any atom is 0.0329 e. The van der Waals surface area contributed by atoms with Crippen molar-refractivity contribution in [2.75, 3.05) is 19.6 Å². The lowest BCUT2D eigenvalue weighted by atomic mass is 9.86. The number of nitrogens with zero attached hydrogens (tertiary/aromatic N) is 1. The highest BCUT2D eigenvalue weighted by Gasteiger charge is 2.37. The summed E-state index contributed by atoms with van der Waals surface area (Å²) in [5.74, 6) is 0. The fraction of sp³-hybridized carbons (Fsp3) is 1.00. The maximum absolute atomic E-state index is 3.77. The number of hydrogen-bond donors (Lipinski definition) is 1. The van der Waals surface area contributed by atoms with Gasteiger partial charge in [0.25, 0.3) is 0 Å². The van der Waals surface area contributed by atoms with Crippen LogP contribution in [0.25, 0.3) is 0 Å². The van der Waals surface area contributed by atoms with Gasteiger partial charge in [0.05, 0.1) is 0 Å². The summed E-state index contributed by atoms with van der Waals surface area (Å²) in [4.78, 5) is 2.82. The van der Waals surface area contributed by atoms with Crippen molar-refractivity contribution in [2.24, 2.45) is 0 Å². The van der Waals surface area contributed by atoms with E-state index in [0.29, 0.717) is 11.6 Å². The van der Waals surface area contributed by atoms with Crippen LogP contribution >= 0.6 is 0 Å². The minimum Gasteiger partial charge on any atom is -0.311 e. The Hall–Kier alpha value is -0.0800. The van der Waals surface area contributed by atoms with Gasteiger partial charge in [-0.05, 0) is 32.2 Å². The third-order valence-corrected chi connectivity index (χ3v) is 5.42. The normalized spacial score (nSPS) is 23.1. The molecule has 1 fully saturated rings. The van der Waals surface area contributed by atoms with Crippen LogP contribution in [0.5, 0.6) is 0 Å². The summed E-state index contributed by atoms with van der Waals surface area (Å²) >= 11 is 0. The van der Waals surface area contributed by atoms with Crippen molar-refractivity contribution in [3.63, 3.8) is 0 Å². The van der Waals surface area contributed by atoms with Crippen LogP contribution in [0.1, 0.15) is 85.5 Å². The molecule has 0 aromatic rings. The Labute approximate surface area is 127 Å². The monoisotopic (exact) mass is 282 g/mol. The van der Waals surface area contributed by atoms with Gasteiger partial charge >= 0.3 is 0 Å². The van der Waals surface area contributed by atoms with E-state index in [1.165, 1.54) is 77.4 Å². The summed E-state index contributed by atoms with van der Waals surface area (Å²) in [7, 11) is 0. The van der Waals surface area contributed by atoms with E-state index in [1.807, 2.05) is 0 Å². The zero-order chi connectivity index (χ0) is 14.8. The molecule has 0 aliphatic carbocycles. The average molecular weight is 283 g/mol. The molecule has 1 rings (SSSR count). The largest absolute Gasteiger partial charge is 0.311 e. The van der Waals surface area contributed by atoms with Crippen LogP contribution < -0.4 is 5.32 Å². The highest BCUT2D eigenvalue weighted by Crippen LogP contribution is 2.28. The molecule has 120 valence electrons. The van der Waals surface area contributed by atoms with Gasteiger partial charge in [0, 0.05) is 24.7 Å². The highest BCUT2D eigenvalue weighted by atomic mass is 15.3. The average Bonchev–Trinajstić information content (AvgIpc) is 2.50. The van der Waals surface area contributed by atoms with Crippen LogP contribution in [0.3, 0.4) is 0 Å². The van der Waals surface area contributed by atoms with E-state index in [9.17, 15) is 0 Å². The number of rotatable bonds is 10. The number of piperazine rings is 1. The molecule has 0 aromatic carbocycles. The first kappa shape index (κ1) is 18.0. The maximum atomic E-state index is 3.77. The smallest absolute Gasteiger partial charge is 0.0329 e. The molecule has 1 heterocycles. The van der Waals surface area contributed by atoms with E-state index in [4.69, 9.17) is 0 Å². The SMILES string of the molecule is CCCCCCCCN1CC(CC)NCC1(CC)CC. The zero-order valence-electron chi connectivity index (χ0n) is 14.5. The summed E-state index contributed by atoms with van der Waals surface area (Å²) in [5.41, 5.74) is 0.426. The van der Waals surface area contributed by atoms with Gasteiger partial charge in [-0.25, -0.2) is 0 Å². The number of hydrogen-bond acceptors (Lipinski definition) is 2. The van der Waals surface area contributed by atoms with Gasteiger partial charge in [-0.1, -0.05) is 59.8 Å². The van der Waals surface area contributed by atoms with Crippen molar-refractivity contribution in [3.05, 3.63) is 0 Å². The molecule has 0 bridgehead atoms. The Morgan fingerprint density at radius 1 is 0.950 bits per heavy atom. The molecule has 1 aliphatic rings. The second-order valence-electron chi connectivity index (χ2n) is 6.63. The summed E-state index contributed by atoms with van der Waals surface area (Å²) < 4.78 is 0. The number of unbranched alkanes of at least 4 members (excludes halogenated alkanes) is 5. The molecule has 1 N–H and O–H groups in total. The molecular formula is C18H38N2. The minimum absolute atomic E-state index is 0.426. The van der Waals surface area contributed by atoms with Gasteiger partial charge in [0.2, 0.25) is 0 Å². The van der Waals surface area contributed by atoms with Gasteiger partial charge in [-0.15, -0.1) is 0 Å². The molecule has 2 nitrogen and oxygen atoms in total. The number of nitrogens with one attached hydrogen (secondary N) is 1. The zero-order valence-corrected chi connectivity index (χ0v) is 14.5. The van der Waals surface area contributed by atoms with Crippen LogP contribution in [0, 0.1) is 0 Å². The van der Waals surface area contributed by atoms with E-state index in [2.05, 4.69) is 37.9 Å². The topological polar surface area (TPSA) is 15.3 Å². The van der Waals surface area contributed by atoms with Crippen molar-refractivity contribution >= 4 is 0 Å². The molecule has 1 saturated heterocycles. The Balaban J connectivity index is 2.39. The summed E-state index contributed by atoms with van der Waals surface area (Å²) in [6.07, 6.45) is 12.3. The Kier molecular flexibility index (Phi) is 8.79. The van der Waals surface area contributed by atoms with E-state index >= 15 is 0 Å².